The first-order valence-electron chi connectivity index (χ1n) is 4.06. The zero-order valence-electron chi connectivity index (χ0n) is 6.80. The Hall–Kier alpha value is -0.0800. The van der Waals surface area contributed by atoms with E-state index in [9.17, 15) is 0 Å². The van der Waals surface area contributed by atoms with Gasteiger partial charge in [-0.05, 0) is 19.3 Å². The fourth-order valence-electron chi connectivity index (χ4n) is 1.13. The van der Waals surface area contributed by atoms with E-state index < -0.39 is 0 Å². The van der Waals surface area contributed by atoms with Gasteiger partial charge in [0.1, 0.15) is 0 Å². The summed E-state index contributed by atoms with van der Waals surface area (Å²) in [6, 6.07) is 0. The van der Waals surface area contributed by atoms with Crippen molar-refractivity contribution < 1.29 is 9.47 Å². The normalized spacial score (nSPS) is 35.4. The fourth-order valence-corrected chi connectivity index (χ4v) is 1.13. The van der Waals surface area contributed by atoms with E-state index in [0.29, 0.717) is 5.92 Å². The first kappa shape index (κ1) is 8.02. The van der Waals surface area contributed by atoms with E-state index in [1.807, 2.05) is 6.92 Å². The summed E-state index contributed by atoms with van der Waals surface area (Å²) in [5, 5.41) is 0. The Morgan fingerprint density at radius 2 is 2.20 bits per heavy atom. The predicted molar refractivity (Wildman–Crippen MR) is 39.8 cm³/mol. The highest BCUT2D eigenvalue weighted by molar-refractivity contribution is 4.58. The van der Waals surface area contributed by atoms with Crippen LogP contribution in [-0.4, -0.2) is 19.5 Å². The molecule has 0 bridgehead atoms. The van der Waals surface area contributed by atoms with E-state index in [2.05, 4.69) is 6.92 Å². The summed E-state index contributed by atoms with van der Waals surface area (Å²) in [5.74, 6) is 0.713. The molecule has 0 amide bonds. The van der Waals surface area contributed by atoms with Crippen molar-refractivity contribution in [2.45, 2.75) is 33.0 Å². The lowest BCUT2D eigenvalue weighted by Gasteiger charge is -2.10. The summed E-state index contributed by atoms with van der Waals surface area (Å²) in [5.41, 5.74) is 0. The monoisotopic (exact) mass is 144 g/mol. The molecule has 1 fully saturated rings. The number of hydrogen-bond donors (Lipinski definition) is 0. The minimum Gasteiger partial charge on any atom is -0.353 e. The molecule has 2 nitrogen and oxygen atoms in total. The van der Waals surface area contributed by atoms with Crippen LogP contribution in [0.5, 0.6) is 0 Å². The van der Waals surface area contributed by atoms with E-state index in [-0.39, 0.29) is 6.29 Å². The Balaban J connectivity index is 2.26. The third-order valence-electron chi connectivity index (χ3n) is 2.02. The zero-order chi connectivity index (χ0) is 7.40. The third-order valence-corrected chi connectivity index (χ3v) is 2.02. The number of hydrogen-bond acceptors (Lipinski definition) is 2. The minimum atomic E-state index is 0.0107. The quantitative estimate of drug-likeness (QED) is 0.558. The molecule has 2 atom stereocenters. The predicted octanol–water partition coefficient (Wildman–Crippen LogP) is 1.80. The van der Waals surface area contributed by atoms with E-state index >= 15 is 0 Å². The van der Waals surface area contributed by atoms with Gasteiger partial charge in [-0.2, -0.15) is 0 Å². The zero-order valence-corrected chi connectivity index (χ0v) is 6.80. The largest absolute Gasteiger partial charge is 0.353 e. The van der Waals surface area contributed by atoms with Crippen molar-refractivity contribution in [1.82, 2.24) is 0 Å². The maximum absolute atomic E-state index is 5.38. The summed E-state index contributed by atoms with van der Waals surface area (Å²) < 4.78 is 10.7. The standard InChI is InChI=1S/C8H16O2/c1-3-8-4-5-9-7(2)10-6-8/h7-8H,3-6H2,1-2H3. The van der Waals surface area contributed by atoms with E-state index in [0.717, 1.165) is 19.6 Å². The second-order valence-corrected chi connectivity index (χ2v) is 2.83. The summed E-state index contributed by atoms with van der Waals surface area (Å²) in [4.78, 5) is 0. The topological polar surface area (TPSA) is 18.5 Å². The van der Waals surface area contributed by atoms with Gasteiger partial charge in [0.2, 0.25) is 0 Å². The Morgan fingerprint density at radius 1 is 1.40 bits per heavy atom. The molecule has 60 valence electrons. The Labute approximate surface area is 62.5 Å². The Morgan fingerprint density at radius 3 is 2.90 bits per heavy atom. The first-order chi connectivity index (χ1) is 4.83. The Kier molecular flexibility index (Phi) is 3.16. The highest BCUT2D eigenvalue weighted by Crippen LogP contribution is 2.14. The molecule has 0 aromatic rings. The molecule has 0 aromatic heterocycles. The molecule has 0 aliphatic carbocycles. The SMILES string of the molecule is CCC1CCOC(C)OC1. The van der Waals surface area contributed by atoms with Gasteiger partial charge >= 0.3 is 0 Å². The van der Waals surface area contributed by atoms with E-state index in [4.69, 9.17) is 9.47 Å². The van der Waals surface area contributed by atoms with Crippen molar-refractivity contribution in [1.29, 1.82) is 0 Å². The van der Waals surface area contributed by atoms with Crippen LogP contribution in [0.4, 0.5) is 0 Å². The van der Waals surface area contributed by atoms with Crippen LogP contribution in [0, 0.1) is 5.92 Å². The van der Waals surface area contributed by atoms with E-state index in [1.54, 1.807) is 0 Å². The maximum atomic E-state index is 5.38. The average molecular weight is 144 g/mol. The summed E-state index contributed by atoms with van der Waals surface area (Å²) in [7, 11) is 0. The highest BCUT2D eigenvalue weighted by atomic mass is 16.7. The maximum Gasteiger partial charge on any atom is 0.154 e. The lowest BCUT2D eigenvalue weighted by atomic mass is 10.1. The van der Waals surface area contributed by atoms with Crippen LogP contribution in [0.25, 0.3) is 0 Å². The molecule has 1 saturated heterocycles. The first-order valence-corrected chi connectivity index (χ1v) is 4.06. The molecule has 2 heteroatoms. The number of rotatable bonds is 1. The van der Waals surface area contributed by atoms with Gasteiger partial charge in [-0.3, -0.25) is 0 Å². The molecule has 1 aliphatic rings. The second-order valence-electron chi connectivity index (χ2n) is 2.83. The van der Waals surface area contributed by atoms with Gasteiger partial charge < -0.3 is 9.47 Å². The lowest BCUT2D eigenvalue weighted by molar-refractivity contribution is -0.115. The molecule has 10 heavy (non-hydrogen) atoms. The van der Waals surface area contributed by atoms with Gasteiger partial charge in [-0.25, -0.2) is 0 Å². The van der Waals surface area contributed by atoms with Crippen molar-refractivity contribution in [3.05, 3.63) is 0 Å². The van der Waals surface area contributed by atoms with Crippen LogP contribution in [0.3, 0.4) is 0 Å². The van der Waals surface area contributed by atoms with Crippen molar-refractivity contribution in [3.63, 3.8) is 0 Å². The van der Waals surface area contributed by atoms with Crippen molar-refractivity contribution in [2.75, 3.05) is 13.2 Å². The van der Waals surface area contributed by atoms with Gasteiger partial charge in [0.05, 0.1) is 13.2 Å². The van der Waals surface area contributed by atoms with Crippen LogP contribution >= 0.6 is 0 Å². The van der Waals surface area contributed by atoms with Gasteiger partial charge in [-0.15, -0.1) is 0 Å². The van der Waals surface area contributed by atoms with Crippen LogP contribution in [0.15, 0.2) is 0 Å². The molecule has 1 heterocycles. The van der Waals surface area contributed by atoms with Crippen LogP contribution in [-0.2, 0) is 9.47 Å². The fraction of sp³-hybridized carbons (Fsp3) is 1.00. The number of ether oxygens (including phenoxy) is 2. The van der Waals surface area contributed by atoms with Gasteiger partial charge in [0.25, 0.3) is 0 Å². The average Bonchev–Trinajstić information content (AvgIpc) is 2.14. The molecule has 2 unspecified atom stereocenters. The van der Waals surface area contributed by atoms with Crippen LogP contribution in [0.1, 0.15) is 26.7 Å². The summed E-state index contributed by atoms with van der Waals surface area (Å²) in [6.45, 7) is 5.89. The molecule has 1 aliphatic heterocycles. The van der Waals surface area contributed by atoms with E-state index in [1.165, 1.54) is 6.42 Å². The van der Waals surface area contributed by atoms with Crippen LogP contribution in [0.2, 0.25) is 0 Å². The molecule has 0 spiro atoms. The highest BCUT2D eigenvalue weighted by Gasteiger charge is 2.14. The van der Waals surface area contributed by atoms with Crippen molar-refractivity contribution in [2.24, 2.45) is 5.92 Å². The minimum absolute atomic E-state index is 0.0107. The molecule has 0 aromatic carbocycles. The smallest absolute Gasteiger partial charge is 0.154 e. The molecule has 0 saturated carbocycles. The second kappa shape index (κ2) is 3.94. The molecular formula is C8H16O2. The van der Waals surface area contributed by atoms with Crippen LogP contribution < -0.4 is 0 Å². The van der Waals surface area contributed by atoms with Gasteiger partial charge in [-0.1, -0.05) is 13.3 Å². The van der Waals surface area contributed by atoms with Gasteiger partial charge in [0.15, 0.2) is 6.29 Å². The third kappa shape index (κ3) is 2.27. The lowest BCUT2D eigenvalue weighted by Crippen LogP contribution is -2.11. The molecule has 1 rings (SSSR count). The summed E-state index contributed by atoms with van der Waals surface area (Å²) in [6.07, 6.45) is 2.37. The van der Waals surface area contributed by atoms with Gasteiger partial charge in [0, 0.05) is 0 Å². The molecule has 0 N–H and O–H groups in total. The van der Waals surface area contributed by atoms with Crippen molar-refractivity contribution in [3.8, 4) is 0 Å². The molecular weight excluding hydrogens is 128 g/mol. The molecule has 0 radical (unpaired) electrons. The Bertz CT molecular complexity index is 93.3. The summed E-state index contributed by atoms with van der Waals surface area (Å²) >= 11 is 0. The van der Waals surface area contributed by atoms with Crippen molar-refractivity contribution >= 4 is 0 Å².